The van der Waals surface area contributed by atoms with E-state index >= 15 is 0 Å². The van der Waals surface area contributed by atoms with E-state index in [1.165, 1.54) is 68.1 Å². The van der Waals surface area contributed by atoms with E-state index in [1.807, 2.05) is 29.7 Å². The molecule has 6 atom stereocenters. The molecule has 55 heavy (non-hydrogen) atoms. The van der Waals surface area contributed by atoms with Gasteiger partial charge >= 0.3 is 0 Å². The number of rotatable bonds is 4. The zero-order chi connectivity index (χ0) is 36.0. The van der Waals surface area contributed by atoms with Crippen LogP contribution in [-0.2, 0) is 5.41 Å². The van der Waals surface area contributed by atoms with Gasteiger partial charge in [0, 0.05) is 60.2 Å². The van der Waals surface area contributed by atoms with Crippen LogP contribution >= 0.6 is 11.3 Å². The molecule has 4 fully saturated rings. The van der Waals surface area contributed by atoms with Gasteiger partial charge < -0.3 is 0 Å². The van der Waals surface area contributed by atoms with Crippen LogP contribution in [0.25, 0.3) is 76.6 Å². The van der Waals surface area contributed by atoms with Crippen LogP contribution in [-0.4, -0.2) is 19.9 Å². The predicted molar refractivity (Wildman–Crippen MR) is 218 cm³/mol. The van der Waals surface area contributed by atoms with Gasteiger partial charge in [0.25, 0.3) is 0 Å². The summed E-state index contributed by atoms with van der Waals surface area (Å²) in [7, 11) is 0. The Morgan fingerprint density at radius 2 is 1.29 bits per heavy atom. The maximum Gasteiger partial charge on any atom is 0.164 e. The van der Waals surface area contributed by atoms with Gasteiger partial charge in [-0.05, 0) is 125 Å². The summed E-state index contributed by atoms with van der Waals surface area (Å²) in [6, 6.07) is 43.3. The van der Waals surface area contributed by atoms with E-state index in [0.29, 0.717) is 40.3 Å². The van der Waals surface area contributed by atoms with Crippen LogP contribution in [0.15, 0.2) is 128 Å². The Kier molecular flexibility index (Phi) is 5.84. The number of fused-ring (bicyclic) bond motifs is 11. The van der Waals surface area contributed by atoms with E-state index in [4.69, 9.17) is 19.9 Å². The normalized spacial score (nSPS) is 26.0. The molecule has 4 saturated carbocycles. The summed E-state index contributed by atoms with van der Waals surface area (Å²) in [5.41, 5.74) is 11.1. The molecule has 5 aliphatic carbocycles. The summed E-state index contributed by atoms with van der Waals surface area (Å²) in [6.07, 6.45) is 9.33. The molecule has 6 unspecified atom stereocenters. The fourth-order valence-electron chi connectivity index (χ4n) is 12.5. The minimum atomic E-state index is -0.106. The molecule has 0 radical (unpaired) electrons. The standard InChI is InChI=1S/C49H33N5S/c50-25-32-18-31(20-39-44(32)37-16-17-51-26-40(37)49(39)35-22-33-21-34-23-43(49)48(33,34)24-35)47-53-45(29-12-10-28(11-13-29)27-6-2-1-3-7-27)52-46(54-47)30-14-15-42-38(19-30)36-8-4-5-9-41(36)55-42/h1-20,26,33-35,43H,21-24H2. The predicted octanol–water partition coefficient (Wildman–Crippen LogP) is 11.5. The van der Waals surface area contributed by atoms with Crippen LogP contribution in [0.4, 0.5) is 0 Å². The van der Waals surface area contributed by atoms with E-state index in [0.717, 1.165) is 39.7 Å². The van der Waals surface area contributed by atoms with Crippen LogP contribution in [0.5, 0.6) is 0 Å². The Hall–Kier alpha value is -6.03. The molecule has 8 aromatic rings. The Morgan fingerprint density at radius 3 is 2.11 bits per heavy atom. The number of thiophene rings is 1. The van der Waals surface area contributed by atoms with Gasteiger partial charge in [-0.25, -0.2) is 15.0 Å². The third-order valence-corrected chi connectivity index (χ3v) is 15.8. The minimum absolute atomic E-state index is 0.106. The molecule has 0 N–H and O–H groups in total. The van der Waals surface area contributed by atoms with Crippen LogP contribution < -0.4 is 0 Å². The topological polar surface area (TPSA) is 75.3 Å². The van der Waals surface area contributed by atoms with Gasteiger partial charge in [0.05, 0.1) is 11.6 Å². The number of nitriles is 1. The molecule has 13 rings (SSSR count). The molecule has 3 heterocycles. The number of nitrogens with zero attached hydrogens (tertiary/aromatic N) is 5. The van der Waals surface area contributed by atoms with Gasteiger partial charge in [-0.1, -0.05) is 72.8 Å². The average molecular weight is 724 g/mol. The van der Waals surface area contributed by atoms with Crippen molar-refractivity contribution >= 4 is 31.5 Å². The van der Waals surface area contributed by atoms with Crippen molar-refractivity contribution in [3.05, 3.63) is 144 Å². The molecule has 260 valence electrons. The summed E-state index contributed by atoms with van der Waals surface area (Å²) in [4.78, 5) is 20.4. The Bertz CT molecular complexity index is 3000. The molecule has 3 aromatic heterocycles. The maximum absolute atomic E-state index is 10.9. The lowest BCUT2D eigenvalue weighted by Crippen LogP contribution is -2.65. The Labute approximate surface area is 322 Å². The van der Waals surface area contributed by atoms with Crippen molar-refractivity contribution in [3.63, 3.8) is 0 Å². The highest BCUT2D eigenvalue weighted by molar-refractivity contribution is 7.25. The first-order valence-electron chi connectivity index (χ1n) is 19.5. The summed E-state index contributed by atoms with van der Waals surface area (Å²) >= 11 is 1.81. The van der Waals surface area contributed by atoms with Gasteiger partial charge in [-0.15, -0.1) is 11.3 Å². The van der Waals surface area contributed by atoms with Crippen LogP contribution in [0, 0.1) is 40.4 Å². The summed E-state index contributed by atoms with van der Waals surface area (Å²) in [6.45, 7) is 0. The highest BCUT2D eigenvalue weighted by atomic mass is 32.1. The molecule has 0 aliphatic heterocycles. The van der Waals surface area contributed by atoms with Crippen molar-refractivity contribution < 1.29 is 0 Å². The van der Waals surface area contributed by atoms with E-state index in [9.17, 15) is 5.26 Å². The lowest BCUT2D eigenvalue weighted by atomic mass is 9.34. The molecule has 5 aliphatic rings. The Morgan fingerprint density at radius 1 is 0.600 bits per heavy atom. The van der Waals surface area contributed by atoms with Crippen molar-refractivity contribution in [3.8, 4) is 62.5 Å². The average Bonchev–Trinajstić information content (AvgIpc) is 3.96. The van der Waals surface area contributed by atoms with E-state index in [2.05, 4.69) is 115 Å². The third kappa shape index (κ3) is 3.77. The van der Waals surface area contributed by atoms with Crippen molar-refractivity contribution in [2.45, 2.75) is 31.1 Å². The first-order valence-corrected chi connectivity index (χ1v) is 20.3. The molecule has 2 bridgehead atoms. The Balaban J connectivity index is 1.02. The molecule has 5 nitrogen and oxygen atoms in total. The van der Waals surface area contributed by atoms with Crippen molar-refractivity contribution in [1.29, 1.82) is 5.26 Å². The summed E-state index contributed by atoms with van der Waals surface area (Å²) in [5.74, 6) is 4.76. The molecule has 5 aromatic carbocycles. The van der Waals surface area contributed by atoms with Crippen molar-refractivity contribution in [2.75, 3.05) is 0 Å². The lowest BCUT2D eigenvalue weighted by Gasteiger charge is -2.70. The zero-order valence-electron chi connectivity index (χ0n) is 29.9. The number of aromatic nitrogens is 4. The van der Waals surface area contributed by atoms with E-state index in [1.54, 1.807) is 0 Å². The van der Waals surface area contributed by atoms with Crippen LogP contribution in [0.2, 0.25) is 0 Å². The molecular formula is C49H33N5S. The number of benzene rings is 5. The lowest BCUT2D eigenvalue weighted by molar-refractivity contribution is -0.193. The fourth-order valence-corrected chi connectivity index (χ4v) is 13.6. The highest BCUT2D eigenvalue weighted by Gasteiger charge is 2.82. The first kappa shape index (κ1) is 30.3. The van der Waals surface area contributed by atoms with Crippen LogP contribution in [0.1, 0.15) is 42.4 Å². The second-order valence-corrected chi connectivity index (χ2v) is 17.7. The summed E-state index contributed by atoms with van der Waals surface area (Å²) < 4.78 is 2.51. The zero-order valence-corrected chi connectivity index (χ0v) is 30.7. The van der Waals surface area contributed by atoms with Gasteiger partial charge in [0.1, 0.15) is 0 Å². The van der Waals surface area contributed by atoms with Gasteiger partial charge in [0.2, 0.25) is 0 Å². The first-order chi connectivity index (χ1) is 27.1. The maximum atomic E-state index is 10.9. The molecule has 6 heteroatoms. The molecular weight excluding hydrogens is 691 g/mol. The third-order valence-electron chi connectivity index (χ3n) is 14.6. The highest BCUT2D eigenvalue weighted by Crippen LogP contribution is 2.88. The van der Waals surface area contributed by atoms with Gasteiger partial charge in [-0.3, -0.25) is 4.98 Å². The second kappa shape index (κ2) is 10.6. The molecule has 0 amide bonds. The quantitative estimate of drug-likeness (QED) is 0.181. The van der Waals surface area contributed by atoms with E-state index < -0.39 is 0 Å². The van der Waals surface area contributed by atoms with Gasteiger partial charge in [0.15, 0.2) is 17.5 Å². The number of pyridine rings is 1. The second-order valence-electron chi connectivity index (χ2n) is 16.6. The SMILES string of the molecule is N#Cc1cc(-c2nc(-c3ccc(-c4ccccc4)cc3)nc(-c3ccc4sc5ccccc5c4c3)n2)cc2c1-c1ccncc1C21C2CC3CC4CC1C34C2. The van der Waals surface area contributed by atoms with Gasteiger partial charge in [-0.2, -0.15) is 5.26 Å². The molecule has 2 spiro atoms. The largest absolute Gasteiger partial charge is 0.264 e. The van der Waals surface area contributed by atoms with Crippen LogP contribution in [0.3, 0.4) is 0 Å². The van der Waals surface area contributed by atoms with Crippen molar-refractivity contribution in [1.82, 2.24) is 19.9 Å². The molecule has 0 saturated heterocycles. The smallest absolute Gasteiger partial charge is 0.164 e. The number of hydrogen-bond acceptors (Lipinski definition) is 6. The number of hydrogen-bond donors (Lipinski definition) is 0. The monoisotopic (exact) mass is 723 g/mol. The summed E-state index contributed by atoms with van der Waals surface area (Å²) in [5, 5.41) is 13.3. The van der Waals surface area contributed by atoms with E-state index in [-0.39, 0.29) is 5.41 Å². The van der Waals surface area contributed by atoms with Crippen molar-refractivity contribution in [2.24, 2.45) is 29.1 Å². The fraction of sp³-hybridized carbons (Fsp3) is 0.204. The minimum Gasteiger partial charge on any atom is -0.264 e.